The van der Waals surface area contributed by atoms with Gasteiger partial charge in [0.25, 0.3) is 0 Å². The van der Waals surface area contributed by atoms with Gasteiger partial charge in [-0.05, 0) is 97.6 Å². The fraction of sp³-hybridized carbons (Fsp3) is 0.120. The van der Waals surface area contributed by atoms with Crippen molar-refractivity contribution in [1.29, 1.82) is 0 Å². The number of benzene rings is 8. The summed E-state index contributed by atoms with van der Waals surface area (Å²) in [5.74, 6) is 0.881. The summed E-state index contributed by atoms with van der Waals surface area (Å²) in [6, 6.07) is 58.5. The maximum absolute atomic E-state index is 5.69. The van der Waals surface area contributed by atoms with E-state index in [-0.39, 0.29) is 12.1 Å². The van der Waals surface area contributed by atoms with Crippen LogP contribution in [0.15, 0.2) is 158 Å². The molecule has 0 saturated heterocycles. The zero-order chi connectivity index (χ0) is 35.6. The summed E-state index contributed by atoms with van der Waals surface area (Å²) in [6.45, 7) is 9.29. The van der Waals surface area contributed by atoms with Gasteiger partial charge in [-0.3, -0.25) is 0 Å². The third-order valence-electron chi connectivity index (χ3n) is 11.8. The number of rotatable bonds is 6. The highest BCUT2D eigenvalue weighted by atomic mass is 16.5. The lowest BCUT2D eigenvalue weighted by Crippen LogP contribution is -2.52. The van der Waals surface area contributed by atoms with Crippen LogP contribution in [-0.4, -0.2) is 13.8 Å². The molecule has 0 spiro atoms. The number of fused-ring (bicyclic) bond motifs is 6. The molecule has 2 heteroatoms. The maximum atomic E-state index is 5.69. The Morgan fingerprint density at radius 2 is 1.02 bits per heavy atom. The normalized spacial score (nSPS) is 12.9. The van der Waals surface area contributed by atoms with Gasteiger partial charge < -0.3 is 4.74 Å². The number of hydrogen-bond acceptors (Lipinski definition) is 1. The molecule has 0 aliphatic heterocycles. The van der Waals surface area contributed by atoms with E-state index in [1.807, 2.05) is 12.1 Å². The average Bonchev–Trinajstić information content (AvgIpc) is 3.42. The number of aryl methyl sites for hydroxylation is 2. The number of methoxy groups -OCH3 is 1. The molecular formula is C50H41BO. The van der Waals surface area contributed by atoms with Crippen molar-refractivity contribution >= 4 is 44.6 Å². The molecule has 0 unspecified atom stereocenters. The molecule has 0 fully saturated rings. The minimum atomic E-state index is -0.0306. The molecule has 0 N–H and O–H groups in total. The Kier molecular flexibility index (Phi) is 7.67. The SMILES string of the molecule is COc1ccccc1-c1cccc(-c2ccc(B(c3ccc4c(c3)-c3ccccc3C4(C)C)c3ccc4c(C)c(C)c5ccccc5c4c3)cc2)c1. The van der Waals surface area contributed by atoms with Gasteiger partial charge in [0.1, 0.15) is 5.75 Å². The fourth-order valence-corrected chi connectivity index (χ4v) is 8.85. The molecular weight excluding hydrogens is 627 g/mol. The number of ether oxygens (including phenoxy) is 1. The van der Waals surface area contributed by atoms with Crippen LogP contribution in [0.4, 0.5) is 0 Å². The monoisotopic (exact) mass is 668 g/mol. The Morgan fingerprint density at radius 3 is 1.81 bits per heavy atom. The van der Waals surface area contributed by atoms with Gasteiger partial charge in [-0.1, -0.05) is 176 Å². The van der Waals surface area contributed by atoms with Gasteiger partial charge in [0.05, 0.1) is 7.11 Å². The van der Waals surface area contributed by atoms with E-state index in [2.05, 4.69) is 173 Å². The van der Waals surface area contributed by atoms with Gasteiger partial charge in [0.15, 0.2) is 0 Å². The topological polar surface area (TPSA) is 9.23 Å². The van der Waals surface area contributed by atoms with Gasteiger partial charge in [-0.2, -0.15) is 0 Å². The first-order valence-corrected chi connectivity index (χ1v) is 18.3. The maximum Gasteiger partial charge on any atom is 0.241 e. The Hall–Kier alpha value is -5.86. The Bertz CT molecular complexity index is 2660. The number of hydrogen-bond donors (Lipinski definition) is 0. The van der Waals surface area contributed by atoms with E-state index in [1.165, 1.54) is 82.4 Å². The van der Waals surface area contributed by atoms with Crippen molar-refractivity contribution in [3.05, 3.63) is 180 Å². The molecule has 0 heterocycles. The standard InChI is InChI=1S/C50H41BO/c1-32-33(2)41-27-25-38(30-45(41)43-17-7-6-15-40(32)43)51(39-26-28-48-46(31-39)44-18-8-10-19-47(44)50(48,3)4)37-23-21-34(22-24-37)35-13-12-14-36(29-35)42-16-9-11-20-49(42)52-5/h6-31H,1-5H3. The van der Waals surface area contributed by atoms with E-state index in [4.69, 9.17) is 4.74 Å². The zero-order valence-electron chi connectivity index (χ0n) is 30.5. The second kappa shape index (κ2) is 12.4. The molecule has 1 aliphatic carbocycles. The summed E-state index contributed by atoms with van der Waals surface area (Å²) in [5, 5.41) is 5.29. The molecule has 0 saturated carbocycles. The lowest BCUT2D eigenvalue weighted by atomic mass is 9.36. The van der Waals surface area contributed by atoms with Crippen molar-refractivity contribution in [3.63, 3.8) is 0 Å². The zero-order valence-corrected chi connectivity index (χ0v) is 30.5. The highest BCUT2D eigenvalue weighted by Gasteiger charge is 2.36. The van der Waals surface area contributed by atoms with Crippen LogP contribution in [0.25, 0.3) is 54.9 Å². The lowest BCUT2D eigenvalue weighted by Gasteiger charge is -2.23. The smallest absolute Gasteiger partial charge is 0.241 e. The van der Waals surface area contributed by atoms with Gasteiger partial charge in [-0.15, -0.1) is 0 Å². The molecule has 0 aromatic heterocycles. The minimum absolute atomic E-state index is 0.0306. The molecule has 0 amide bonds. The summed E-state index contributed by atoms with van der Waals surface area (Å²) in [6.07, 6.45) is 0. The quantitative estimate of drug-likeness (QED) is 0.127. The van der Waals surface area contributed by atoms with Gasteiger partial charge in [-0.25, -0.2) is 0 Å². The predicted molar refractivity (Wildman–Crippen MR) is 223 cm³/mol. The highest BCUT2D eigenvalue weighted by Crippen LogP contribution is 2.48. The summed E-state index contributed by atoms with van der Waals surface area (Å²) >= 11 is 0. The van der Waals surface area contributed by atoms with Crippen LogP contribution in [0.1, 0.15) is 36.1 Å². The van der Waals surface area contributed by atoms with Crippen LogP contribution >= 0.6 is 0 Å². The number of para-hydroxylation sites is 1. The first-order chi connectivity index (χ1) is 25.3. The second-order valence-electron chi connectivity index (χ2n) is 14.9. The molecule has 0 radical (unpaired) electrons. The van der Waals surface area contributed by atoms with Gasteiger partial charge >= 0.3 is 0 Å². The molecule has 1 nitrogen and oxygen atoms in total. The van der Waals surface area contributed by atoms with E-state index in [9.17, 15) is 0 Å². The summed E-state index contributed by atoms with van der Waals surface area (Å²) < 4.78 is 5.69. The van der Waals surface area contributed by atoms with Crippen LogP contribution in [0.5, 0.6) is 5.75 Å². The van der Waals surface area contributed by atoms with Gasteiger partial charge in [0, 0.05) is 11.0 Å². The van der Waals surface area contributed by atoms with Crippen LogP contribution in [0, 0.1) is 13.8 Å². The Labute approximate surface area is 307 Å². The third-order valence-corrected chi connectivity index (χ3v) is 11.8. The van der Waals surface area contributed by atoms with Crippen LogP contribution in [0.3, 0.4) is 0 Å². The molecule has 8 aromatic carbocycles. The van der Waals surface area contributed by atoms with E-state index in [0.717, 1.165) is 16.9 Å². The van der Waals surface area contributed by atoms with Crippen LogP contribution in [-0.2, 0) is 5.41 Å². The Balaban J connectivity index is 1.20. The fourth-order valence-electron chi connectivity index (χ4n) is 8.85. The molecule has 1 aliphatic rings. The average molecular weight is 669 g/mol. The second-order valence-corrected chi connectivity index (χ2v) is 14.9. The minimum Gasteiger partial charge on any atom is -0.496 e. The molecule has 52 heavy (non-hydrogen) atoms. The van der Waals surface area contributed by atoms with Crippen LogP contribution < -0.4 is 21.1 Å². The van der Waals surface area contributed by atoms with Crippen molar-refractivity contribution in [1.82, 2.24) is 0 Å². The molecule has 250 valence electrons. The summed E-state index contributed by atoms with van der Waals surface area (Å²) in [7, 11) is 1.73. The van der Waals surface area contributed by atoms with E-state index in [1.54, 1.807) is 7.11 Å². The largest absolute Gasteiger partial charge is 0.496 e. The molecule has 9 rings (SSSR count). The van der Waals surface area contributed by atoms with E-state index in [0.29, 0.717) is 0 Å². The van der Waals surface area contributed by atoms with Crippen molar-refractivity contribution in [3.8, 4) is 39.1 Å². The summed E-state index contributed by atoms with van der Waals surface area (Å²) in [5.41, 5.74) is 16.7. The molecule has 0 bridgehead atoms. The van der Waals surface area contributed by atoms with Crippen LogP contribution in [0.2, 0.25) is 0 Å². The van der Waals surface area contributed by atoms with E-state index >= 15 is 0 Å². The molecule has 0 atom stereocenters. The first kappa shape index (κ1) is 32.1. The Morgan fingerprint density at radius 1 is 0.423 bits per heavy atom. The van der Waals surface area contributed by atoms with Gasteiger partial charge in [0.2, 0.25) is 6.71 Å². The lowest BCUT2D eigenvalue weighted by molar-refractivity contribution is 0.416. The van der Waals surface area contributed by atoms with Crippen molar-refractivity contribution < 1.29 is 4.74 Å². The van der Waals surface area contributed by atoms with Crippen molar-refractivity contribution in [2.24, 2.45) is 0 Å². The van der Waals surface area contributed by atoms with Crippen molar-refractivity contribution in [2.75, 3.05) is 7.11 Å². The van der Waals surface area contributed by atoms with E-state index < -0.39 is 0 Å². The predicted octanol–water partition coefficient (Wildman–Crippen LogP) is 10.8. The highest BCUT2D eigenvalue weighted by molar-refractivity contribution is 6.95. The van der Waals surface area contributed by atoms with Crippen molar-refractivity contribution in [2.45, 2.75) is 33.1 Å². The third kappa shape index (κ3) is 5.08. The first-order valence-electron chi connectivity index (χ1n) is 18.3. The molecule has 8 aromatic rings. The summed E-state index contributed by atoms with van der Waals surface area (Å²) in [4.78, 5) is 0.